The minimum atomic E-state index is -0.0485. The monoisotopic (exact) mass is 438 g/mol. The van der Waals surface area contributed by atoms with Crippen molar-refractivity contribution < 1.29 is 0 Å². The molecule has 0 N–H and O–H groups in total. The molecular weight excluding hydrogens is 416 g/mol. The van der Waals surface area contributed by atoms with E-state index in [1.54, 1.807) is 12.7 Å². The zero-order valence-electron chi connectivity index (χ0n) is 19.0. The molecular formula is C30H22N4. The molecule has 1 aliphatic rings. The Morgan fingerprint density at radius 1 is 0.706 bits per heavy atom. The lowest BCUT2D eigenvalue weighted by atomic mass is 9.82. The summed E-state index contributed by atoms with van der Waals surface area (Å²) in [6.07, 6.45) is 3.10. The van der Waals surface area contributed by atoms with Crippen LogP contribution in [-0.4, -0.2) is 19.5 Å². The first-order valence-electron chi connectivity index (χ1n) is 11.5. The predicted molar refractivity (Wildman–Crippen MR) is 137 cm³/mol. The summed E-state index contributed by atoms with van der Waals surface area (Å²) >= 11 is 0. The zero-order valence-corrected chi connectivity index (χ0v) is 19.0. The summed E-state index contributed by atoms with van der Waals surface area (Å²) in [7, 11) is 0. The van der Waals surface area contributed by atoms with Crippen LogP contribution in [0.15, 0.2) is 97.6 Å². The van der Waals surface area contributed by atoms with Gasteiger partial charge in [0.15, 0.2) is 5.82 Å². The molecule has 0 saturated heterocycles. The fourth-order valence-corrected chi connectivity index (χ4v) is 5.69. The Labute approximate surface area is 197 Å². The van der Waals surface area contributed by atoms with E-state index in [0.717, 1.165) is 11.3 Å². The van der Waals surface area contributed by atoms with Crippen LogP contribution in [0.5, 0.6) is 0 Å². The lowest BCUT2D eigenvalue weighted by Gasteiger charge is -2.21. The molecule has 0 radical (unpaired) electrons. The normalized spacial score (nSPS) is 13.8. The minimum absolute atomic E-state index is 0.0485. The molecule has 0 bridgehead atoms. The van der Waals surface area contributed by atoms with Gasteiger partial charge in [-0.15, -0.1) is 0 Å². The largest absolute Gasteiger partial charge is 0.309 e. The van der Waals surface area contributed by atoms with Gasteiger partial charge in [-0.2, -0.15) is 0 Å². The standard InChI is InChI=1S/C30H22N4/c1-30(2)23-11-7-6-10-21(23)27-24(30)13-15-26-28(27)22-16-19(29-32-17-31-18-33-29)12-14-25(22)34(26)20-8-4-3-5-9-20/h3-18H,1-2H3. The van der Waals surface area contributed by atoms with Gasteiger partial charge >= 0.3 is 0 Å². The predicted octanol–water partition coefficient (Wildman–Crippen LogP) is 6.94. The maximum atomic E-state index is 4.40. The van der Waals surface area contributed by atoms with E-state index in [-0.39, 0.29) is 5.41 Å². The highest BCUT2D eigenvalue weighted by atomic mass is 15.0. The first-order chi connectivity index (χ1) is 16.6. The maximum Gasteiger partial charge on any atom is 0.162 e. The highest BCUT2D eigenvalue weighted by Gasteiger charge is 2.37. The Bertz CT molecular complexity index is 1710. The molecule has 34 heavy (non-hydrogen) atoms. The van der Waals surface area contributed by atoms with Crippen molar-refractivity contribution in [3.63, 3.8) is 0 Å². The van der Waals surface area contributed by atoms with Gasteiger partial charge in [-0.1, -0.05) is 62.4 Å². The average molecular weight is 439 g/mol. The number of rotatable bonds is 2. The molecule has 2 aromatic heterocycles. The number of aromatic nitrogens is 4. The summed E-state index contributed by atoms with van der Waals surface area (Å²) < 4.78 is 2.37. The number of fused-ring (bicyclic) bond motifs is 7. The molecule has 162 valence electrons. The van der Waals surface area contributed by atoms with Crippen molar-refractivity contribution in [1.29, 1.82) is 0 Å². The molecule has 4 nitrogen and oxygen atoms in total. The number of para-hydroxylation sites is 1. The maximum absolute atomic E-state index is 4.40. The average Bonchev–Trinajstić information content (AvgIpc) is 3.34. The summed E-state index contributed by atoms with van der Waals surface area (Å²) in [5.41, 5.74) is 9.90. The zero-order chi connectivity index (χ0) is 22.9. The first-order valence-corrected chi connectivity index (χ1v) is 11.5. The molecule has 0 fully saturated rings. The van der Waals surface area contributed by atoms with Crippen LogP contribution in [-0.2, 0) is 5.41 Å². The molecule has 0 saturated carbocycles. The third kappa shape index (κ3) is 2.51. The van der Waals surface area contributed by atoms with E-state index < -0.39 is 0 Å². The number of hydrogen-bond donors (Lipinski definition) is 0. The van der Waals surface area contributed by atoms with E-state index >= 15 is 0 Å². The second-order valence-corrected chi connectivity index (χ2v) is 9.42. The van der Waals surface area contributed by atoms with Crippen LogP contribution in [0.1, 0.15) is 25.0 Å². The van der Waals surface area contributed by atoms with Gasteiger partial charge in [-0.3, -0.25) is 0 Å². The fourth-order valence-electron chi connectivity index (χ4n) is 5.69. The van der Waals surface area contributed by atoms with Gasteiger partial charge in [-0.25, -0.2) is 15.0 Å². The van der Waals surface area contributed by atoms with Crippen LogP contribution >= 0.6 is 0 Å². The van der Waals surface area contributed by atoms with Gasteiger partial charge < -0.3 is 4.57 Å². The Kier molecular flexibility index (Phi) is 3.86. The number of benzene rings is 4. The van der Waals surface area contributed by atoms with Gasteiger partial charge in [0.2, 0.25) is 0 Å². The van der Waals surface area contributed by atoms with Crippen molar-refractivity contribution in [3.8, 4) is 28.2 Å². The molecule has 4 aromatic carbocycles. The van der Waals surface area contributed by atoms with Crippen LogP contribution < -0.4 is 0 Å². The smallest absolute Gasteiger partial charge is 0.162 e. The highest BCUT2D eigenvalue weighted by Crippen LogP contribution is 2.53. The van der Waals surface area contributed by atoms with Crippen LogP contribution in [0.4, 0.5) is 0 Å². The third-order valence-electron chi connectivity index (χ3n) is 7.24. The Balaban J connectivity index is 1.67. The number of hydrogen-bond acceptors (Lipinski definition) is 3. The fraction of sp³-hybridized carbons (Fsp3) is 0.100. The van der Waals surface area contributed by atoms with Crippen molar-refractivity contribution >= 4 is 21.8 Å². The molecule has 1 aliphatic carbocycles. The van der Waals surface area contributed by atoms with Crippen molar-refractivity contribution in [3.05, 3.63) is 109 Å². The van der Waals surface area contributed by atoms with Crippen LogP contribution in [0.2, 0.25) is 0 Å². The van der Waals surface area contributed by atoms with E-state index in [1.807, 2.05) is 0 Å². The Hall–Kier alpha value is -4.31. The van der Waals surface area contributed by atoms with Crippen LogP contribution in [0.3, 0.4) is 0 Å². The highest BCUT2D eigenvalue weighted by molar-refractivity contribution is 6.18. The van der Waals surface area contributed by atoms with E-state index in [0.29, 0.717) is 5.82 Å². The summed E-state index contributed by atoms with van der Waals surface area (Å²) in [5, 5.41) is 2.49. The van der Waals surface area contributed by atoms with Gasteiger partial charge in [0.05, 0.1) is 11.0 Å². The van der Waals surface area contributed by atoms with E-state index in [2.05, 4.69) is 118 Å². The van der Waals surface area contributed by atoms with E-state index in [4.69, 9.17) is 0 Å². The SMILES string of the molecule is CC1(C)c2ccccc2-c2c1ccc1c2c2cc(-c3ncncn3)ccc2n1-c1ccccc1. The molecule has 0 spiro atoms. The van der Waals surface area contributed by atoms with Gasteiger partial charge in [-0.05, 0) is 58.7 Å². The lowest BCUT2D eigenvalue weighted by Crippen LogP contribution is -2.14. The molecule has 0 aliphatic heterocycles. The molecule has 0 atom stereocenters. The van der Waals surface area contributed by atoms with Crippen molar-refractivity contribution in [2.75, 3.05) is 0 Å². The van der Waals surface area contributed by atoms with Crippen LogP contribution in [0.25, 0.3) is 50.0 Å². The second-order valence-electron chi connectivity index (χ2n) is 9.42. The topological polar surface area (TPSA) is 43.6 Å². The quantitative estimate of drug-likeness (QED) is 0.294. The molecule has 0 unspecified atom stereocenters. The van der Waals surface area contributed by atoms with E-state index in [9.17, 15) is 0 Å². The van der Waals surface area contributed by atoms with Crippen molar-refractivity contribution in [1.82, 2.24) is 19.5 Å². The first kappa shape index (κ1) is 19.2. The Morgan fingerprint density at radius 3 is 2.26 bits per heavy atom. The van der Waals surface area contributed by atoms with Crippen molar-refractivity contribution in [2.45, 2.75) is 19.3 Å². The molecule has 6 aromatic rings. The Morgan fingerprint density at radius 2 is 1.44 bits per heavy atom. The van der Waals surface area contributed by atoms with Gasteiger partial charge in [0, 0.05) is 27.4 Å². The second kappa shape index (κ2) is 6.84. The molecule has 0 amide bonds. The van der Waals surface area contributed by atoms with Gasteiger partial charge in [0.1, 0.15) is 12.7 Å². The summed E-state index contributed by atoms with van der Waals surface area (Å²) in [6.45, 7) is 4.66. The third-order valence-corrected chi connectivity index (χ3v) is 7.24. The summed E-state index contributed by atoms with van der Waals surface area (Å²) in [4.78, 5) is 12.8. The number of nitrogens with zero attached hydrogens (tertiary/aromatic N) is 4. The summed E-state index contributed by atoms with van der Waals surface area (Å²) in [6, 6.07) is 30.6. The van der Waals surface area contributed by atoms with E-state index in [1.165, 1.54) is 44.1 Å². The summed E-state index contributed by atoms with van der Waals surface area (Å²) in [5.74, 6) is 0.686. The molecule has 2 heterocycles. The lowest BCUT2D eigenvalue weighted by molar-refractivity contribution is 0.661. The molecule has 4 heteroatoms. The molecule has 7 rings (SSSR count). The van der Waals surface area contributed by atoms with Crippen LogP contribution in [0, 0.1) is 0 Å². The van der Waals surface area contributed by atoms with Crippen molar-refractivity contribution in [2.24, 2.45) is 0 Å². The van der Waals surface area contributed by atoms with Gasteiger partial charge in [0.25, 0.3) is 0 Å². The minimum Gasteiger partial charge on any atom is -0.309 e.